The van der Waals surface area contributed by atoms with Crippen LogP contribution in [0.1, 0.15) is 30.4 Å². The molecule has 0 spiro atoms. The van der Waals surface area contributed by atoms with Crippen LogP contribution in [0.2, 0.25) is 0 Å². The average Bonchev–Trinajstić information content (AvgIpc) is 3.66. The molecule has 0 aliphatic heterocycles. The zero-order chi connectivity index (χ0) is 27.7. The van der Waals surface area contributed by atoms with Crippen LogP contribution in [0.25, 0.3) is 11.3 Å². The number of nitrogens with one attached hydrogen (secondary N) is 1. The molecule has 8 nitrogen and oxygen atoms in total. The average molecular weight is 553 g/mol. The van der Waals surface area contributed by atoms with Gasteiger partial charge >= 0.3 is 12.1 Å². The molecule has 1 aliphatic rings. The third-order valence-corrected chi connectivity index (χ3v) is 7.23. The normalized spacial score (nSPS) is 13.8. The molecule has 0 bridgehead atoms. The fraction of sp³-hybridized carbons (Fsp3) is 0.320. The van der Waals surface area contributed by atoms with Crippen LogP contribution in [0, 0.1) is 18.7 Å². The number of aromatic nitrogens is 2. The van der Waals surface area contributed by atoms with E-state index in [0.29, 0.717) is 24.1 Å². The molecule has 2 N–H and O–H groups in total. The van der Waals surface area contributed by atoms with E-state index in [-0.39, 0.29) is 24.3 Å². The van der Waals surface area contributed by atoms with Gasteiger partial charge in [0.05, 0.1) is 17.7 Å². The summed E-state index contributed by atoms with van der Waals surface area (Å²) >= 11 is 0. The molecule has 4 rings (SSSR count). The van der Waals surface area contributed by atoms with Crippen LogP contribution in [0.15, 0.2) is 53.6 Å². The van der Waals surface area contributed by atoms with E-state index < -0.39 is 50.1 Å². The van der Waals surface area contributed by atoms with Gasteiger partial charge in [-0.3, -0.25) is 9.52 Å². The Labute approximate surface area is 216 Å². The third kappa shape index (κ3) is 6.57. The Morgan fingerprint density at radius 3 is 2.53 bits per heavy atom. The van der Waals surface area contributed by atoms with Crippen LogP contribution in [0.4, 0.5) is 29.2 Å². The van der Waals surface area contributed by atoms with Crippen molar-refractivity contribution in [2.45, 2.75) is 37.4 Å². The molecule has 3 aromatic rings. The van der Waals surface area contributed by atoms with E-state index in [9.17, 15) is 30.8 Å². The molecule has 0 radical (unpaired) electrons. The Morgan fingerprint density at radius 2 is 1.87 bits per heavy atom. The van der Waals surface area contributed by atoms with Crippen LogP contribution in [0.3, 0.4) is 0 Å². The van der Waals surface area contributed by atoms with Gasteiger partial charge in [-0.25, -0.2) is 14.4 Å². The summed E-state index contributed by atoms with van der Waals surface area (Å²) in [6.45, 7) is 2.14. The van der Waals surface area contributed by atoms with Crippen LogP contribution < -0.4 is 9.62 Å². The highest BCUT2D eigenvalue weighted by atomic mass is 32.2. The summed E-state index contributed by atoms with van der Waals surface area (Å²) in [5.74, 6) is -1.56. The predicted octanol–water partition coefficient (Wildman–Crippen LogP) is 5.10. The minimum absolute atomic E-state index is 0.132. The number of aliphatic carboxylic acids is 1. The van der Waals surface area contributed by atoms with Gasteiger partial charge in [-0.15, -0.1) is 0 Å². The second-order valence-electron chi connectivity index (χ2n) is 9.02. The first kappa shape index (κ1) is 27.3. The number of carbonyl (C=O) groups is 1. The number of carboxylic acids is 1. The first-order chi connectivity index (χ1) is 17.8. The Bertz CT molecular complexity index is 1460. The molecule has 0 amide bonds. The molecule has 1 aromatic carbocycles. The molecule has 202 valence electrons. The number of pyridine rings is 2. The molecular formula is C25H24F4N4O4S. The van der Waals surface area contributed by atoms with Crippen molar-refractivity contribution in [1.29, 1.82) is 0 Å². The highest BCUT2D eigenvalue weighted by Gasteiger charge is 2.35. The molecule has 1 fully saturated rings. The summed E-state index contributed by atoms with van der Waals surface area (Å²) in [7, 11) is -4.40. The quantitative estimate of drug-likeness (QED) is 0.337. The van der Waals surface area contributed by atoms with Gasteiger partial charge in [-0.2, -0.15) is 21.6 Å². The lowest BCUT2D eigenvalue weighted by Crippen LogP contribution is -2.29. The van der Waals surface area contributed by atoms with Crippen molar-refractivity contribution in [1.82, 2.24) is 9.97 Å². The van der Waals surface area contributed by atoms with Crippen molar-refractivity contribution in [2.75, 3.05) is 22.7 Å². The second kappa shape index (κ2) is 10.6. The van der Waals surface area contributed by atoms with E-state index in [2.05, 4.69) is 14.7 Å². The van der Waals surface area contributed by atoms with Crippen LogP contribution in [-0.4, -0.2) is 42.6 Å². The van der Waals surface area contributed by atoms with Gasteiger partial charge in [0.15, 0.2) is 5.03 Å². The summed E-state index contributed by atoms with van der Waals surface area (Å²) in [5.41, 5.74) is -1.59. The monoisotopic (exact) mass is 552 g/mol. The van der Waals surface area contributed by atoms with Gasteiger partial charge < -0.3 is 10.0 Å². The number of benzene rings is 1. The molecule has 1 aliphatic carbocycles. The topological polar surface area (TPSA) is 112 Å². The lowest BCUT2D eigenvalue weighted by atomic mass is 10.0. The molecule has 0 saturated heterocycles. The number of rotatable bonds is 10. The van der Waals surface area contributed by atoms with E-state index in [1.54, 1.807) is 11.0 Å². The zero-order valence-electron chi connectivity index (χ0n) is 20.2. The smallest absolute Gasteiger partial charge is 0.418 e. The van der Waals surface area contributed by atoms with Crippen molar-refractivity contribution in [3.05, 3.63) is 65.5 Å². The number of alkyl halides is 3. The number of halogens is 4. The summed E-state index contributed by atoms with van der Waals surface area (Å²) in [6, 6.07) is 9.06. The van der Waals surface area contributed by atoms with Gasteiger partial charge in [0, 0.05) is 18.7 Å². The second-order valence-corrected chi connectivity index (χ2v) is 10.7. The Kier molecular flexibility index (Phi) is 7.58. The van der Waals surface area contributed by atoms with Crippen LogP contribution in [0.5, 0.6) is 0 Å². The molecule has 38 heavy (non-hydrogen) atoms. The maximum Gasteiger partial charge on any atom is 0.418 e. The first-order valence-electron chi connectivity index (χ1n) is 11.6. The number of hydrogen-bond donors (Lipinski definition) is 2. The van der Waals surface area contributed by atoms with Gasteiger partial charge in [-0.1, -0.05) is 12.1 Å². The minimum atomic E-state index is -4.82. The van der Waals surface area contributed by atoms with Gasteiger partial charge in [0.1, 0.15) is 17.5 Å². The summed E-state index contributed by atoms with van der Waals surface area (Å²) in [6.07, 6.45) is -3.03. The lowest BCUT2D eigenvalue weighted by Gasteiger charge is -2.23. The SMILES string of the molecule is Cc1ccc(F)cc1-c1nc(NS(=O)(=O)c2cccc(N(CCC(=O)O)CC3CC3)n2)ccc1C(F)(F)F. The fourth-order valence-corrected chi connectivity index (χ4v) is 4.83. The number of nitrogens with zero attached hydrogens (tertiary/aromatic N) is 3. The Morgan fingerprint density at radius 1 is 1.13 bits per heavy atom. The fourth-order valence-electron chi connectivity index (χ4n) is 3.86. The van der Waals surface area contributed by atoms with E-state index in [1.807, 2.05) is 0 Å². The van der Waals surface area contributed by atoms with Crippen molar-refractivity contribution in [2.24, 2.45) is 5.92 Å². The van der Waals surface area contributed by atoms with Crippen molar-refractivity contribution in [3.8, 4) is 11.3 Å². The summed E-state index contributed by atoms with van der Waals surface area (Å²) in [4.78, 5) is 20.9. The van der Waals surface area contributed by atoms with Crippen molar-refractivity contribution in [3.63, 3.8) is 0 Å². The van der Waals surface area contributed by atoms with Gasteiger partial charge in [-0.05, 0) is 67.6 Å². The molecule has 1 saturated carbocycles. The summed E-state index contributed by atoms with van der Waals surface area (Å²) in [5, 5.41) is 8.64. The maximum atomic E-state index is 13.9. The number of sulfonamides is 1. The van der Waals surface area contributed by atoms with E-state index >= 15 is 0 Å². The van der Waals surface area contributed by atoms with E-state index in [0.717, 1.165) is 31.0 Å². The zero-order valence-corrected chi connectivity index (χ0v) is 21.0. The highest BCUT2D eigenvalue weighted by molar-refractivity contribution is 7.92. The minimum Gasteiger partial charge on any atom is -0.481 e. The third-order valence-electron chi connectivity index (χ3n) is 5.97. The predicted molar refractivity (Wildman–Crippen MR) is 132 cm³/mol. The first-order valence-corrected chi connectivity index (χ1v) is 13.1. The van der Waals surface area contributed by atoms with Crippen LogP contribution in [-0.2, 0) is 21.0 Å². The van der Waals surface area contributed by atoms with E-state index in [4.69, 9.17) is 5.11 Å². The van der Waals surface area contributed by atoms with E-state index in [1.165, 1.54) is 25.1 Å². The van der Waals surface area contributed by atoms with Crippen LogP contribution >= 0.6 is 0 Å². The van der Waals surface area contributed by atoms with Gasteiger partial charge in [0.2, 0.25) is 0 Å². The molecule has 2 heterocycles. The highest BCUT2D eigenvalue weighted by Crippen LogP contribution is 2.38. The Hall–Kier alpha value is -3.74. The molecule has 2 aromatic heterocycles. The van der Waals surface area contributed by atoms with Crippen molar-refractivity contribution >= 4 is 27.6 Å². The number of aryl methyl sites for hydroxylation is 1. The number of carboxylic acid groups (broad SMARTS) is 1. The molecule has 0 unspecified atom stereocenters. The standard InChI is InChI=1S/C25H24F4N4O4S/c1-15-5-8-17(26)13-18(15)24-19(25(27,28)29)9-10-20(30-24)32-38(36,37)22-4-2-3-21(31-22)33(12-11-23(34)35)14-16-6-7-16/h2-5,8-10,13,16H,6-7,11-12,14H2,1H3,(H,30,32)(H,34,35). The maximum absolute atomic E-state index is 13.9. The van der Waals surface area contributed by atoms with Gasteiger partial charge in [0.25, 0.3) is 10.0 Å². The number of hydrogen-bond acceptors (Lipinski definition) is 6. The number of anilines is 2. The Balaban J connectivity index is 1.67. The molecule has 0 atom stereocenters. The molecule has 13 heteroatoms. The summed E-state index contributed by atoms with van der Waals surface area (Å²) < 4.78 is 83.4. The van der Waals surface area contributed by atoms with Crippen molar-refractivity contribution < 1.29 is 35.9 Å². The lowest BCUT2D eigenvalue weighted by molar-refractivity contribution is -0.138. The largest absolute Gasteiger partial charge is 0.481 e. The molecular weight excluding hydrogens is 528 g/mol.